The van der Waals surface area contributed by atoms with Crippen molar-refractivity contribution in [3.63, 3.8) is 0 Å². The molecule has 0 saturated carbocycles. The number of carbonyl (C=O) groups is 1. The third-order valence-electron chi connectivity index (χ3n) is 4.56. The number of anilines is 1. The molecular formula is C19H18F5N5O3. The molecule has 0 radical (unpaired) electrons. The molecule has 0 aliphatic carbocycles. The summed E-state index contributed by atoms with van der Waals surface area (Å²) in [5.41, 5.74) is -0.579. The van der Waals surface area contributed by atoms with Crippen molar-refractivity contribution in [1.82, 2.24) is 19.3 Å². The molecule has 0 saturated heterocycles. The van der Waals surface area contributed by atoms with Crippen LogP contribution >= 0.6 is 0 Å². The Bertz CT molecular complexity index is 1220. The highest BCUT2D eigenvalue weighted by atomic mass is 19.4. The molecular weight excluding hydrogens is 441 g/mol. The number of hydrogen-bond donors (Lipinski definition) is 1. The Morgan fingerprint density at radius 2 is 1.97 bits per heavy atom. The summed E-state index contributed by atoms with van der Waals surface area (Å²) in [6, 6.07) is 0.156. The van der Waals surface area contributed by atoms with Crippen molar-refractivity contribution >= 4 is 22.6 Å². The Morgan fingerprint density at radius 1 is 1.28 bits per heavy atom. The number of alkyl halides is 5. The predicted octanol–water partition coefficient (Wildman–Crippen LogP) is 3.52. The highest BCUT2D eigenvalue weighted by molar-refractivity contribution is 5.98. The van der Waals surface area contributed by atoms with Crippen molar-refractivity contribution in [1.29, 1.82) is 0 Å². The zero-order chi connectivity index (χ0) is 23.8. The van der Waals surface area contributed by atoms with Gasteiger partial charge in [0.25, 0.3) is 6.43 Å². The van der Waals surface area contributed by atoms with E-state index in [-0.39, 0.29) is 27.7 Å². The highest BCUT2D eigenvalue weighted by Gasteiger charge is 2.39. The number of fused-ring (bicyclic) bond motifs is 1. The number of hydrogen-bond acceptors (Lipinski definition) is 5. The van der Waals surface area contributed by atoms with Gasteiger partial charge < -0.3 is 14.6 Å². The quantitative estimate of drug-likeness (QED) is 0.570. The van der Waals surface area contributed by atoms with Crippen molar-refractivity contribution in [3.05, 3.63) is 34.9 Å². The van der Waals surface area contributed by atoms with Crippen molar-refractivity contribution in [3.8, 4) is 17.0 Å². The average molecular weight is 459 g/mol. The van der Waals surface area contributed by atoms with Gasteiger partial charge in [-0.15, -0.1) is 0 Å². The van der Waals surface area contributed by atoms with Gasteiger partial charge in [-0.25, -0.2) is 18.4 Å². The number of nitrogens with zero attached hydrogens (tertiary/aromatic N) is 4. The van der Waals surface area contributed by atoms with Crippen LogP contribution in [0.5, 0.6) is 5.75 Å². The SMILES string of the molecule is CC(=O)Nc1cc2c(-c3cc(OCC(F)F)c(=O)n([C@@H](C)C(F)(F)F)n3)cn(C)c2cn1. The predicted molar refractivity (Wildman–Crippen MR) is 105 cm³/mol. The van der Waals surface area contributed by atoms with Crippen molar-refractivity contribution in [2.75, 3.05) is 11.9 Å². The van der Waals surface area contributed by atoms with E-state index in [2.05, 4.69) is 15.4 Å². The molecule has 3 aromatic heterocycles. The van der Waals surface area contributed by atoms with Crippen LogP contribution in [0.2, 0.25) is 0 Å². The second-order valence-electron chi connectivity index (χ2n) is 6.98. The first-order valence-corrected chi connectivity index (χ1v) is 9.23. The maximum absolute atomic E-state index is 13.3. The minimum Gasteiger partial charge on any atom is -0.482 e. The third-order valence-corrected chi connectivity index (χ3v) is 4.56. The van der Waals surface area contributed by atoms with Crippen molar-refractivity contribution < 1.29 is 31.5 Å². The van der Waals surface area contributed by atoms with Crippen LogP contribution in [0.3, 0.4) is 0 Å². The number of ether oxygens (including phenoxy) is 1. The number of aromatic nitrogens is 4. The van der Waals surface area contributed by atoms with E-state index in [0.717, 1.165) is 13.0 Å². The van der Waals surface area contributed by atoms with Crippen LogP contribution in [0.4, 0.5) is 27.8 Å². The van der Waals surface area contributed by atoms with Gasteiger partial charge in [-0.2, -0.15) is 18.3 Å². The van der Waals surface area contributed by atoms with E-state index in [1.165, 1.54) is 25.4 Å². The highest BCUT2D eigenvalue weighted by Crippen LogP contribution is 2.33. The van der Waals surface area contributed by atoms with E-state index in [0.29, 0.717) is 10.9 Å². The zero-order valence-corrected chi connectivity index (χ0v) is 17.1. The normalized spacial score (nSPS) is 12.9. The molecule has 172 valence electrons. The molecule has 32 heavy (non-hydrogen) atoms. The molecule has 13 heteroatoms. The second-order valence-corrected chi connectivity index (χ2v) is 6.98. The smallest absolute Gasteiger partial charge is 0.410 e. The minimum atomic E-state index is -4.82. The third kappa shape index (κ3) is 4.70. The van der Waals surface area contributed by atoms with Gasteiger partial charge in [0, 0.05) is 37.2 Å². The summed E-state index contributed by atoms with van der Waals surface area (Å²) < 4.78 is 71.7. The molecule has 3 aromatic rings. The summed E-state index contributed by atoms with van der Waals surface area (Å²) in [6.45, 7) is 0.822. The summed E-state index contributed by atoms with van der Waals surface area (Å²) in [5.74, 6) is -0.897. The number of carbonyl (C=O) groups excluding carboxylic acids is 1. The lowest BCUT2D eigenvalue weighted by molar-refractivity contribution is -0.166. The second kappa shape index (κ2) is 8.55. The number of halogens is 5. The van der Waals surface area contributed by atoms with Crippen LogP contribution in [0.1, 0.15) is 19.9 Å². The lowest BCUT2D eigenvalue weighted by Gasteiger charge is -2.19. The molecule has 3 rings (SSSR count). The largest absolute Gasteiger partial charge is 0.482 e. The van der Waals surface area contributed by atoms with Crippen molar-refractivity contribution in [2.24, 2.45) is 7.05 Å². The van der Waals surface area contributed by atoms with Gasteiger partial charge in [-0.05, 0) is 13.0 Å². The van der Waals surface area contributed by atoms with E-state index in [9.17, 15) is 31.5 Å². The fourth-order valence-corrected chi connectivity index (χ4v) is 3.01. The van der Waals surface area contributed by atoms with E-state index in [1.807, 2.05) is 0 Å². The molecule has 0 fully saturated rings. The van der Waals surface area contributed by atoms with E-state index in [1.54, 1.807) is 11.6 Å². The number of aryl methyl sites for hydroxylation is 1. The molecule has 0 aliphatic rings. The fraction of sp³-hybridized carbons (Fsp3) is 0.368. The van der Waals surface area contributed by atoms with E-state index < -0.39 is 36.6 Å². The molecule has 0 aromatic carbocycles. The van der Waals surface area contributed by atoms with E-state index in [4.69, 9.17) is 4.74 Å². The van der Waals surface area contributed by atoms with Gasteiger partial charge in [-0.3, -0.25) is 9.59 Å². The number of rotatable bonds is 6. The summed E-state index contributed by atoms with van der Waals surface area (Å²) in [7, 11) is 1.65. The number of pyridine rings is 1. The maximum Gasteiger partial charge on any atom is 0.410 e. The maximum atomic E-state index is 13.3. The monoisotopic (exact) mass is 459 g/mol. The van der Waals surface area contributed by atoms with Gasteiger partial charge in [-0.1, -0.05) is 0 Å². The minimum absolute atomic E-state index is 0.115. The van der Waals surface area contributed by atoms with Crippen LogP contribution in [-0.4, -0.2) is 44.4 Å². The molecule has 0 unspecified atom stereocenters. The average Bonchev–Trinajstić information content (AvgIpc) is 3.01. The first-order valence-electron chi connectivity index (χ1n) is 9.23. The van der Waals surface area contributed by atoms with Gasteiger partial charge >= 0.3 is 11.7 Å². The topological polar surface area (TPSA) is 91.0 Å². The van der Waals surface area contributed by atoms with Gasteiger partial charge in [0.15, 0.2) is 5.75 Å². The van der Waals surface area contributed by atoms with Crippen LogP contribution in [0, 0.1) is 0 Å². The zero-order valence-electron chi connectivity index (χ0n) is 17.1. The Morgan fingerprint density at radius 3 is 2.56 bits per heavy atom. The van der Waals surface area contributed by atoms with Crippen LogP contribution in [0.25, 0.3) is 22.2 Å². The lowest BCUT2D eigenvalue weighted by Crippen LogP contribution is -2.35. The van der Waals surface area contributed by atoms with E-state index >= 15 is 0 Å². The van der Waals surface area contributed by atoms with Crippen molar-refractivity contribution in [2.45, 2.75) is 32.5 Å². The van der Waals surface area contributed by atoms with Gasteiger partial charge in [0.05, 0.1) is 17.4 Å². The van der Waals surface area contributed by atoms with Crippen LogP contribution in [-0.2, 0) is 11.8 Å². The summed E-state index contributed by atoms with van der Waals surface area (Å²) >= 11 is 0. The van der Waals surface area contributed by atoms with Gasteiger partial charge in [0.1, 0.15) is 18.5 Å². The Labute approximate surface area is 177 Å². The summed E-state index contributed by atoms with van der Waals surface area (Å²) in [5, 5.41) is 6.79. The van der Waals surface area contributed by atoms with Crippen LogP contribution in [0.15, 0.2) is 29.3 Å². The van der Waals surface area contributed by atoms with Crippen LogP contribution < -0.4 is 15.6 Å². The summed E-state index contributed by atoms with van der Waals surface area (Å²) in [4.78, 5) is 27.9. The standard InChI is InChI=1S/C19H18F5N5O3/c1-9(19(22,23)24)29-18(31)15(32-8-16(20)21)5-13(27-29)12-7-28(3)14-6-25-17(4-11(12)14)26-10(2)30/h4-7,9,16H,8H2,1-3H3,(H,25,26,30)/t9-/m0/s1. The van der Waals surface area contributed by atoms with Gasteiger partial charge in [0.2, 0.25) is 5.91 Å². The molecule has 1 atom stereocenters. The summed E-state index contributed by atoms with van der Waals surface area (Å²) in [6.07, 6.45) is -4.80. The lowest BCUT2D eigenvalue weighted by atomic mass is 10.1. The number of amides is 1. The molecule has 1 N–H and O–H groups in total. The molecule has 0 spiro atoms. The molecule has 1 amide bonds. The molecule has 8 nitrogen and oxygen atoms in total. The fourth-order valence-electron chi connectivity index (χ4n) is 3.01. The molecule has 0 aliphatic heterocycles. The Balaban J connectivity index is 2.24. The molecule has 3 heterocycles. The first-order chi connectivity index (χ1) is 14.9. The number of nitrogens with one attached hydrogen (secondary N) is 1. The first kappa shape index (κ1) is 23.2. The Kier molecular flexibility index (Phi) is 6.19. The molecule has 0 bridgehead atoms. The Hall–Kier alpha value is -3.51.